The zero-order valence-electron chi connectivity index (χ0n) is 19.4. The van der Waals surface area contributed by atoms with E-state index in [-0.39, 0.29) is 12.1 Å². The molecule has 3 N–H and O–H groups in total. The summed E-state index contributed by atoms with van der Waals surface area (Å²) in [6.45, 7) is 5.80. The Morgan fingerprint density at radius 2 is 1.33 bits per heavy atom. The summed E-state index contributed by atoms with van der Waals surface area (Å²) >= 11 is 0. The van der Waals surface area contributed by atoms with Crippen molar-refractivity contribution in [2.75, 3.05) is 39.6 Å². The van der Waals surface area contributed by atoms with E-state index in [1.165, 1.54) is 5.56 Å². The third kappa shape index (κ3) is 9.42. The van der Waals surface area contributed by atoms with E-state index in [0.29, 0.717) is 46.2 Å². The van der Waals surface area contributed by atoms with Crippen molar-refractivity contribution in [1.82, 2.24) is 10.3 Å². The highest BCUT2D eigenvalue weighted by molar-refractivity contribution is 5.20. The van der Waals surface area contributed by atoms with Crippen LogP contribution in [-0.4, -0.2) is 44.6 Å². The lowest BCUT2D eigenvalue weighted by molar-refractivity contribution is 0.00792. The standard InChI is InChI=1S/C27H35N3O3/c1-22-9-8-14-25(30-22)19-29-27(24-12-6-3-7-13-24)21-33-18-16-31-15-17-32-20-26(28)23-10-4-2-5-11-23/h2-14,26-27,29H,15-21,28H2,1H3/t26-,27-/m1/s1. The number of pyridine rings is 1. The van der Waals surface area contributed by atoms with E-state index in [1.54, 1.807) is 0 Å². The molecular weight excluding hydrogens is 414 g/mol. The van der Waals surface area contributed by atoms with Gasteiger partial charge in [-0.3, -0.25) is 4.98 Å². The van der Waals surface area contributed by atoms with Crippen molar-refractivity contribution < 1.29 is 14.2 Å². The topological polar surface area (TPSA) is 78.6 Å². The molecule has 3 rings (SSSR count). The summed E-state index contributed by atoms with van der Waals surface area (Å²) in [5.41, 5.74) is 10.4. The zero-order valence-corrected chi connectivity index (χ0v) is 19.4. The van der Waals surface area contributed by atoms with E-state index in [2.05, 4.69) is 22.4 Å². The second-order valence-corrected chi connectivity index (χ2v) is 7.89. The SMILES string of the molecule is Cc1cccc(CN[C@H](COCCOCCOC[C@@H](N)c2ccccc2)c2ccccc2)n1. The Balaban J connectivity index is 1.30. The van der Waals surface area contributed by atoms with Crippen LogP contribution in [0.15, 0.2) is 78.9 Å². The number of benzene rings is 2. The van der Waals surface area contributed by atoms with Crippen LogP contribution in [0.2, 0.25) is 0 Å². The van der Waals surface area contributed by atoms with Gasteiger partial charge in [0.15, 0.2) is 0 Å². The van der Waals surface area contributed by atoms with Crippen LogP contribution >= 0.6 is 0 Å². The molecule has 0 fully saturated rings. The normalized spacial score (nSPS) is 13.0. The van der Waals surface area contributed by atoms with Gasteiger partial charge in [0.1, 0.15) is 0 Å². The van der Waals surface area contributed by atoms with Crippen LogP contribution < -0.4 is 11.1 Å². The van der Waals surface area contributed by atoms with Crippen LogP contribution in [0.1, 0.15) is 34.6 Å². The maximum Gasteiger partial charge on any atom is 0.0701 e. The number of nitrogens with one attached hydrogen (secondary N) is 1. The zero-order chi connectivity index (χ0) is 23.1. The Morgan fingerprint density at radius 1 is 0.727 bits per heavy atom. The number of hydrogen-bond acceptors (Lipinski definition) is 6. The molecule has 0 spiro atoms. The number of ether oxygens (including phenoxy) is 3. The van der Waals surface area contributed by atoms with Crippen molar-refractivity contribution >= 4 is 0 Å². The van der Waals surface area contributed by atoms with Crippen LogP contribution in [0.5, 0.6) is 0 Å². The van der Waals surface area contributed by atoms with E-state index >= 15 is 0 Å². The Kier molecular flexibility index (Phi) is 11.0. The van der Waals surface area contributed by atoms with Gasteiger partial charge in [-0.25, -0.2) is 0 Å². The van der Waals surface area contributed by atoms with E-state index in [9.17, 15) is 0 Å². The molecule has 0 unspecified atom stereocenters. The van der Waals surface area contributed by atoms with Gasteiger partial charge in [0, 0.05) is 12.2 Å². The first-order chi connectivity index (χ1) is 16.2. The van der Waals surface area contributed by atoms with Gasteiger partial charge in [0.2, 0.25) is 0 Å². The molecular formula is C27H35N3O3. The molecule has 3 aromatic rings. The van der Waals surface area contributed by atoms with Crippen LogP contribution in [0.4, 0.5) is 0 Å². The number of aromatic nitrogens is 1. The molecule has 6 nitrogen and oxygen atoms in total. The monoisotopic (exact) mass is 449 g/mol. The first kappa shape index (κ1) is 25.0. The van der Waals surface area contributed by atoms with Gasteiger partial charge in [-0.1, -0.05) is 66.7 Å². The lowest BCUT2D eigenvalue weighted by Gasteiger charge is -2.19. The molecule has 0 saturated carbocycles. The van der Waals surface area contributed by atoms with Gasteiger partial charge in [-0.2, -0.15) is 0 Å². The summed E-state index contributed by atoms with van der Waals surface area (Å²) in [5, 5.41) is 3.56. The first-order valence-electron chi connectivity index (χ1n) is 11.5. The smallest absolute Gasteiger partial charge is 0.0701 e. The minimum atomic E-state index is -0.119. The molecule has 1 aromatic heterocycles. The lowest BCUT2D eigenvalue weighted by atomic mass is 10.1. The van der Waals surface area contributed by atoms with Crippen LogP contribution in [0.25, 0.3) is 0 Å². The molecule has 2 aromatic carbocycles. The Hall–Kier alpha value is -2.61. The maximum absolute atomic E-state index is 6.13. The Morgan fingerprint density at radius 3 is 2.00 bits per heavy atom. The largest absolute Gasteiger partial charge is 0.377 e. The highest BCUT2D eigenvalue weighted by Gasteiger charge is 2.11. The first-order valence-corrected chi connectivity index (χ1v) is 11.5. The average Bonchev–Trinajstić information content (AvgIpc) is 2.85. The Bertz CT molecular complexity index is 909. The number of nitrogens with zero attached hydrogens (tertiary/aromatic N) is 1. The van der Waals surface area contributed by atoms with Crippen LogP contribution in [-0.2, 0) is 20.8 Å². The van der Waals surface area contributed by atoms with E-state index in [0.717, 1.165) is 17.0 Å². The summed E-state index contributed by atoms with van der Waals surface area (Å²) < 4.78 is 17.2. The summed E-state index contributed by atoms with van der Waals surface area (Å²) in [4.78, 5) is 4.57. The maximum atomic E-state index is 6.13. The predicted octanol–water partition coefficient (Wildman–Crippen LogP) is 3.97. The number of hydrogen-bond donors (Lipinski definition) is 2. The van der Waals surface area contributed by atoms with Crippen LogP contribution in [0.3, 0.4) is 0 Å². The van der Waals surface area contributed by atoms with Crippen molar-refractivity contribution in [2.45, 2.75) is 25.6 Å². The van der Waals surface area contributed by atoms with Crippen LogP contribution in [0, 0.1) is 6.92 Å². The number of aryl methyl sites for hydroxylation is 1. The molecule has 0 bridgehead atoms. The fourth-order valence-corrected chi connectivity index (χ4v) is 3.43. The molecule has 0 amide bonds. The average molecular weight is 450 g/mol. The predicted molar refractivity (Wildman–Crippen MR) is 131 cm³/mol. The molecule has 0 aliphatic rings. The fraction of sp³-hybridized carbons (Fsp3) is 0.370. The van der Waals surface area contributed by atoms with Gasteiger partial charge in [-0.15, -0.1) is 0 Å². The second kappa shape index (κ2) is 14.5. The number of rotatable bonds is 15. The molecule has 2 atom stereocenters. The van der Waals surface area contributed by atoms with Crippen molar-refractivity contribution in [3.05, 3.63) is 101 Å². The molecule has 0 aliphatic heterocycles. The quantitative estimate of drug-likeness (QED) is 0.342. The molecule has 6 heteroatoms. The minimum absolute atomic E-state index is 0.0799. The van der Waals surface area contributed by atoms with Crippen molar-refractivity contribution in [1.29, 1.82) is 0 Å². The molecule has 33 heavy (non-hydrogen) atoms. The van der Waals surface area contributed by atoms with E-state index < -0.39 is 0 Å². The molecule has 0 aliphatic carbocycles. The molecule has 1 heterocycles. The summed E-state index contributed by atoms with van der Waals surface area (Å²) in [6, 6.07) is 26.3. The third-order valence-electron chi connectivity index (χ3n) is 5.23. The summed E-state index contributed by atoms with van der Waals surface area (Å²) in [7, 11) is 0. The van der Waals surface area contributed by atoms with Gasteiger partial charge in [0.05, 0.1) is 57.4 Å². The van der Waals surface area contributed by atoms with Crippen molar-refractivity contribution in [3.8, 4) is 0 Å². The lowest BCUT2D eigenvalue weighted by Crippen LogP contribution is -2.26. The van der Waals surface area contributed by atoms with Gasteiger partial charge in [-0.05, 0) is 30.2 Å². The second-order valence-electron chi connectivity index (χ2n) is 7.89. The molecule has 0 saturated heterocycles. The van der Waals surface area contributed by atoms with Gasteiger partial charge in [0.25, 0.3) is 0 Å². The van der Waals surface area contributed by atoms with E-state index in [4.69, 9.17) is 19.9 Å². The summed E-state index contributed by atoms with van der Waals surface area (Å²) in [6.07, 6.45) is 0. The highest BCUT2D eigenvalue weighted by Crippen LogP contribution is 2.14. The minimum Gasteiger partial charge on any atom is -0.377 e. The molecule has 176 valence electrons. The Labute approximate surface area is 197 Å². The highest BCUT2D eigenvalue weighted by atomic mass is 16.5. The third-order valence-corrected chi connectivity index (χ3v) is 5.23. The number of nitrogens with two attached hydrogens (primary N) is 1. The fourth-order valence-electron chi connectivity index (χ4n) is 3.43. The molecule has 0 radical (unpaired) electrons. The van der Waals surface area contributed by atoms with Gasteiger partial charge >= 0.3 is 0 Å². The van der Waals surface area contributed by atoms with Gasteiger partial charge < -0.3 is 25.3 Å². The van der Waals surface area contributed by atoms with E-state index in [1.807, 2.05) is 73.7 Å². The van der Waals surface area contributed by atoms with Crippen molar-refractivity contribution in [2.24, 2.45) is 5.73 Å². The summed E-state index contributed by atoms with van der Waals surface area (Å²) in [5.74, 6) is 0. The van der Waals surface area contributed by atoms with Crippen molar-refractivity contribution in [3.63, 3.8) is 0 Å².